The van der Waals surface area contributed by atoms with Crippen LogP contribution in [0.15, 0.2) is 66.7 Å². The molecule has 1 unspecified atom stereocenters. The number of hydrogen-bond acceptors (Lipinski definition) is 7. The van der Waals surface area contributed by atoms with Crippen molar-refractivity contribution in [3.8, 4) is 11.3 Å². The van der Waals surface area contributed by atoms with Crippen molar-refractivity contribution in [2.24, 2.45) is 0 Å². The van der Waals surface area contributed by atoms with Crippen LogP contribution in [0.1, 0.15) is 76.2 Å². The summed E-state index contributed by atoms with van der Waals surface area (Å²) in [6.45, 7) is 8.12. The van der Waals surface area contributed by atoms with Crippen LogP contribution in [0.2, 0.25) is 0 Å². The summed E-state index contributed by atoms with van der Waals surface area (Å²) in [5, 5.41) is 19.4. The molecule has 1 aliphatic carbocycles. The molecule has 2 heterocycles. The molecule has 0 spiro atoms. The number of benzene rings is 2. The largest absolute Gasteiger partial charge is 0.465 e. The molecule has 1 saturated heterocycles. The van der Waals surface area contributed by atoms with Crippen molar-refractivity contribution >= 4 is 12.1 Å². The lowest BCUT2D eigenvalue weighted by atomic mass is 9.80. The number of aliphatic hydroxyl groups is 1. The Labute approximate surface area is 235 Å². The average molecular weight is 544 g/mol. The number of aromatic nitrogens is 2. The first-order valence-electron chi connectivity index (χ1n) is 14.0. The summed E-state index contributed by atoms with van der Waals surface area (Å²) < 4.78 is 11.4. The Hall–Kier alpha value is -3.78. The molecule has 40 heavy (non-hydrogen) atoms. The molecule has 210 valence electrons. The first-order valence-corrected chi connectivity index (χ1v) is 14.0. The van der Waals surface area contributed by atoms with Crippen molar-refractivity contribution in [2.45, 2.75) is 76.0 Å². The summed E-state index contributed by atoms with van der Waals surface area (Å²) in [6.07, 6.45) is 1.95. The molecule has 1 amide bonds. The molecular formula is C32H37N3O5. The molecule has 1 aliphatic heterocycles. The number of ether oxygens (including phenoxy) is 2. The Bertz CT molecular complexity index is 1350. The molecule has 8 heteroatoms. The van der Waals surface area contributed by atoms with E-state index in [2.05, 4.69) is 10.2 Å². The minimum absolute atomic E-state index is 0.203. The molecule has 1 N–H and O–H groups in total. The fourth-order valence-corrected chi connectivity index (χ4v) is 5.70. The Balaban J connectivity index is 1.29. The van der Waals surface area contributed by atoms with Crippen LogP contribution in [0.3, 0.4) is 0 Å². The molecule has 2 atom stereocenters. The van der Waals surface area contributed by atoms with E-state index in [1.807, 2.05) is 73.7 Å². The van der Waals surface area contributed by atoms with E-state index in [9.17, 15) is 14.7 Å². The molecule has 1 aromatic heterocycles. The van der Waals surface area contributed by atoms with Gasteiger partial charge in [-0.15, -0.1) is 0 Å². The highest BCUT2D eigenvalue weighted by atomic mass is 16.6. The van der Waals surface area contributed by atoms with Gasteiger partial charge in [-0.25, -0.2) is 4.79 Å². The molecule has 1 saturated carbocycles. The number of carbonyl (C=O) groups is 2. The van der Waals surface area contributed by atoms with E-state index < -0.39 is 22.7 Å². The number of carbonyl (C=O) groups excluding carboxylic acids is 2. The summed E-state index contributed by atoms with van der Waals surface area (Å²) in [5.74, 6) is -0.229. The maximum absolute atomic E-state index is 13.4. The van der Waals surface area contributed by atoms with Crippen molar-refractivity contribution < 1.29 is 24.2 Å². The first kappa shape index (κ1) is 27.8. The molecule has 2 aliphatic rings. The molecule has 2 fully saturated rings. The standard InChI is InChI=1S/C32H37N3O5/c1-5-39-28(36)31(17-18-31)27-16-15-26(33-34-27)24-13-11-23(12-14-24)22(2)35-20-19-32(40-29(35)37,21-30(3,4)38)25-9-7-6-8-10-25/h6-16,22,38H,5,17-21H2,1-4H3/t22-,32?/m0/s1. The van der Waals surface area contributed by atoms with E-state index in [4.69, 9.17) is 9.47 Å². The monoisotopic (exact) mass is 543 g/mol. The lowest BCUT2D eigenvalue weighted by Gasteiger charge is -2.45. The second kappa shape index (κ2) is 10.7. The number of hydrogen-bond donors (Lipinski definition) is 1. The van der Waals surface area contributed by atoms with E-state index in [0.717, 1.165) is 29.5 Å². The van der Waals surface area contributed by atoms with Gasteiger partial charge in [-0.3, -0.25) is 4.79 Å². The number of nitrogens with zero attached hydrogens (tertiary/aromatic N) is 3. The van der Waals surface area contributed by atoms with Crippen LogP contribution >= 0.6 is 0 Å². The maximum Gasteiger partial charge on any atom is 0.411 e. The van der Waals surface area contributed by atoms with Crippen LogP contribution in [0.5, 0.6) is 0 Å². The van der Waals surface area contributed by atoms with E-state index in [0.29, 0.717) is 37.4 Å². The van der Waals surface area contributed by atoms with E-state index in [-0.39, 0.29) is 12.0 Å². The second-order valence-corrected chi connectivity index (χ2v) is 11.6. The van der Waals surface area contributed by atoms with Crippen molar-refractivity contribution in [2.75, 3.05) is 13.2 Å². The van der Waals surface area contributed by atoms with Gasteiger partial charge in [-0.1, -0.05) is 54.6 Å². The number of rotatable bonds is 9. The third-order valence-electron chi connectivity index (χ3n) is 8.02. The highest BCUT2D eigenvalue weighted by Crippen LogP contribution is 2.48. The van der Waals surface area contributed by atoms with Crippen LogP contribution in [-0.2, 0) is 25.3 Å². The van der Waals surface area contributed by atoms with Crippen LogP contribution in [-0.4, -0.2) is 51.0 Å². The molecule has 5 rings (SSSR count). The van der Waals surface area contributed by atoms with Gasteiger partial charge in [0.05, 0.1) is 29.6 Å². The van der Waals surface area contributed by atoms with Crippen molar-refractivity contribution in [3.05, 3.63) is 83.6 Å². The predicted molar refractivity (Wildman–Crippen MR) is 150 cm³/mol. The van der Waals surface area contributed by atoms with Gasteiger partial charge >= 0.3 is 12.1 Å². The normalized spacial score (nSPS) is 20.9. The number of esters is 1. The van der Waals surface area contributed by atoms with Gasteiger partial charge in [0.2, 0.25) is 0 Å². The average Bonchev–Trinajstić information content (AvgIpc) is 3.75. The number of cyclic esters (lactones) is 1. The lowest BCUT2D eigenvalue weighted by molar-refractivity contribution is -0.146. The van der Waals surface area contributed by atoms with Gasteiger partial charge in [0.1, 0.15) is 11.0 Å². The Morgan fingerprint density at radius 1 is 1.05 bits per heavy atom. The molecule has 3 aromatic rings. The zero-order valence-corrected chi connectivity index (χ0v) is 23.6. The smallest absolute Gasteiger partial charge is 0.411 e. The molecule has 2 aromatic carbocycles. The van der Waals surface area contributed by atoms with E-state index >= 15 is 0 Å². The molecule has 0 radical (unpaired) electrons. The summed E-state index contributed by atoms with van der Waals surface area (Å²) in [7, 11) is 0. The highest BCUT2D eigenvalue weighted by Gasteiger charge is 2.54. The molecular weight excluding hydrogens is 506 g/mol. The van der Waals surface area contributed by atoms with E-state index in [1.54, 1.807) is 25.7 Å². The van der Waals surface area contributed by atoms with Crippen LogP contribution in [0, 0.1) is 0 Å². The maximum atomic E-state index is 13.4. The van der Waals surface area contributed by atoms with E-state index in [1.165, 1.54) is 0 Å². The third-order valence-corrected chi connectivity index (χ3v) is 8.02. The minimum atomic E-state index is -1.00. The summed E-state index contributed by atoms with van der Waals surface area (Å²) in [6, 6.07) is 21.1. The van der Waals surface area contributed by atoms with Crippen LogP contribution in [0.4, 0.5) is 4.79 Å². The Kier molecular flexibility index (Phi) is 7.40. The van der Waals surface area contributed by atoms with Gasteiger partial charge in [-0.2, -0.15) is 10.2 Å². The summed E-state index contributed by atoms with van der Waals surface area (Å²) in [4.78, 5) is 27.5. The Morgan fingerprint density at radius 2 is 1.75 bits per heavy atom. The topological polar surface area (TPSA) is 102 Å². The van der Waals surface area contributed by atoms with Crippen LogP contribution in [0.25, 0.3) is 11.3 Å². The second-order valence-electron chi connectivity index (χ2n) is 11.6. The number of amides is 1. The van der Waals surface area contributed by atoms with Gasteiger partial charge in [0, 0.05) is 24.9 Å². The first-order chi connectivity index (χ1) is 19.1. The van der Waals surface area contributed by atoms with Crippen molar-refractivity contribution in [1.29, 1.82) is 0 Å². The van der Waals surface area contributed by atoms with Gasteiger partial charge < -0.3 is 19.5 Å². The highest BCUT2D eigenvalue weighted by molar-refractivity contribution is 5.86. The zero-order chi connectivity index (χ0) is 28.5. The summed E-state index contributed by atoms with van der Waals surface area (Å²) >= 11 is 0. The SMILES string of the molecule is CCOC(=O)C1(c2ccc(-c3ccc([C@H](C)N4CCC(CC(C)(C)O)(c5ccccc5)OC4=O)cc3)nn2)CC1. The lowest BCUT2D eigenvalue weighted by Crippen LogP contribution is -2.51. The molecule has 0 bridgehead atoms. The van der Waals surface area contributed by atoms with Crippen molar-refractivity contribution in [3.63, 3.8) is 0 Å². The Morgan fingerprint density at radius 3 is 2.30 bits per heavy atom. The predicted octanol–water partition coefficient (Wildman–Crippen LogP) is 5.70. The third kappa shape index (κ3) is 5.45. The van der Waals surface area contributed by atoms with Crippen LogP contribution < -0.4 is 0 Å². The fourth-order valence-electron chi connectivity index (χ4n) is 5.70. The molecule has 8 nitrogen and oxygen atoms in total. The van der Waals surface area contributed by atoms with Crippen molar-refractivity contribution in [1.82, 2.24) is 15.1 Å². The van der Waals surface area contributed by atoms with Gasteiger partial charge in [0.25, 0.3) is 0 Å². The summed E-state index contributed by atoms with van der Waals surface area (Å²) in [5.41, 5.74) is 1.59. The fraction of sp³-hybridized carbons (Fsp3) is 0.438. The van der Waals surface area contributed by atoms with Gasteiger partial charge in [-0.05, 0) is 63.8 Å². The minimum Gasteiger partial charge on any atom is -0.465 e. The zero-order valence-electron chi connectivity index (χ0n) is 23.6. The quantitative estimate of drug-likeness (QED) is 0.346. The van der Waals surface area contributed by atoms with Gasteiger partial charge in [0.15, 0.2) is 0 Å².